The second-order valence-electron chi connectivity index (χ2n) is 4.02. The molecule has 0 radical (unpaired) electrons. The number of hydrogen-bond acceptors (Lipinski definition) is 3. The van der Waals surface area contributed by atoms with Crippen molar-refractivity contribution in [3.8, 4) is 5.75 Å². The fourth-order valence-electron chi connectivity index (χ4n) is 2.02. The quantitative estimate of drug-likeness (QED) is 0.746. The molecular formula is C14H17NO2. The van der Waals surface area contributed by atoms with Gasteiger partial charge in [0, 0.05) is 36.0 Å². The fourth-order valence-corrected chi connectivity index (χ4v) is 2.02. The van der Waals surface area contributed by atoms with E-state index in [1.807, 2.05) is 18.2 Å². The third-order valence-corrected chi connectivity index (χ3v) is 3.01. The summed E-state index contributed by atoms with van der Waals surface area (Å²) in [6.45, 7) is 6.59. The molecule has 1 aliphatic rings. The van der Waals surface area contributed by atoms with Crippen LogP contribution in [-0.2, 0) is 4.79 Å². The van der Waals surface area contributed by atoms with Crippen LogP contribution in [0.2, 0.25) is 0 Å². The van der Waals surface area contributed by atoms with E-state index >= 15 is 0 Å². The molecule has 0 amide bonds. The van der Waals surface area contributed by atoms with E-state index in [1.165, 1.54) is 0 Å². The average Bonchev–Trinajstić information content (AvgIpc) is 2.39. The molecule has 17 heavy (non-hydrogen) atoms. The predicted octanol–water partition coefficient (Wildman–Crippen LogP) is 2.51. The Morgan fingerprint density at radius 1 is 1.35 bits per heavy atom. The minimum atomic E-state index is 0.373. The Morgan fingerprint density at radius 2 is 2.12 bits per heavy atom. The molecule has 1 aromatic carbocycles. The molecule has 1 aromatic rings. The highest BCUT2D eigenvalue weighted by molar-refractivity contribution is 5.84. The Morgan fingerprint density at radius 3 is 2.76 bits per heavy atom. The largest absolute Gasteiger partial charge is 0.488 e. The number of ether oxygens (including phenoxy) is 1. The number of anilines is 1. The predicted molar refractivity (Wildman–Crippen MR) is 69.5 cm³/mol. The standard InChI is InChI=1S/C14H17NO2/c1-3-15(4-2)13-6-5-12-7-11(9-16)10-17-14(12)8-13/h5-9H,3-4,10H2,1-2H3. The Bertz CT molecular complexity index is 448. The van der Waals surface area contributed by atoms with Crippen molar-refractivity contribution >= 4 is 18.0 Å². The van der Waals surface area contributed by atoms with Gasteiger partial charge in [0.2, 0.25) is 0 Å². The molecule has 0 spiro atoms. The van der Waals surface area contributed by atoms with Crippen LogP contribution in [0, 0.1) is 0 Å². The molecule has 1 aliphatic heterocycles. The first-order chi connectivity index (χ1) is 8.28. The van der Waals surface area contributed by atoms with Gasteiger partial charge in [-0.1, -0.05) is 0 Å². The maximum absolute atomic E-state index is 10.7. The summed E-state index contributed by atoms with van der Waals surface area (Å²) >= 11 is 0. The molecule has 0 saturated heterocycles. The Hall–Kier alpha value is -1.77. The Kier molecular flexibility index (Phi) is 3.47. The first-order valence-corrected chi connectivity index (χ1v) is 5.96. The maximum Gasteiger partial charge on any atom is 0.149 e. The van der Waals surface area contributed by atoms with Crippen LogP contribution in [0.25, 0.3) is 6.08 Å². The van der Waals surface area contributed by atoms with E-state index in [1.54, 1.807) is 0 Å². The van der Waals surface area contributed by atoms with Crippen molar-refractivity contribution in [1.82, 2.24) is 0 Å². The second-order valence-corrected chi connectivity index (χ2v) is 4.02. The van der Waals surface area contributed by atoms with Crippen molar-refractivity contribution in [3.05, 3.63) is 29.3 Å². The van der Waals surface area contributed by atoms with E-state index in [2.05, 4.69) is 24.8 Å². The average molecular weight is 231 g/mol. The first kappa shape index (κ1) is 11.7. The molecule has 1 heterocycles. The lowest BCUT2D eigenvalue weighted by atomic mass is 10.1. The van der Waals surface area contributed by atoms with E-state index in [-0.39, 0.29) is 0 Å². The normalized spacial score (nSPS) is 13.4. The number of rotatable bonds is 4. The highest BCUT2D eigenvalue weighted by Gasteiger charge is 2.12. The number of nitrogens with zero attached hydrogens (tertiary/aromatic N) is 1. The minimum absolute atomic E-state index is 0.373. The van der Waals surface area contributed by atoms with Gasteiger partial charge in [0.1, 0.15) is 18.6 Å². The van der Waals surface area contributed by atoms with Crippen molar-refractivity contribution in [2.75, 3.05) is 24.6 Å². The van der Waals surface area contributed by atoms with Gasteiger partial charge in [0.15, 0.2) is 0 Å². The fraction of sp³-hybridized carbons (Fsp3) is 0.357. The van der Waals surface area contributed by atoms with Crippen LogP contribution in [0.5, 0.6) is 5.75 Å². The van der Waals surface area contributed by atoms with Gasteiger partial charge >= 0.3 is 0 Å². The van der Waals surface area contributed by atoms with E-state index in [0.29, 0.717) is 12.2 Å². The van der Waals surface area contributed by atoms with Crippen LogP contribution in [0.15, 0.2) is 23.8 Å². The van der Waals surface area contributed by atoms with Gasteiger partial charge in [0.05, 0.1) is 0 Å². The maximum atomic E-state index is 10.7. The zero-order valence-electron chi connectivity index (χ0n) is 10.3. The number of carbonyl (C=O) groups is 1. The highest BCUT2D eigenvalue weighted by atomic mass is 16.5. The van der Waals surface area contributed by atoms with Crippen molar-refractivity contribution in [1.29, 1.82) is 0 Å². The third kappa shape index (κ3) is 2.33. The minimum Gasteiger partial charge on any atom is -0.488 e. The summed E-state index contributed by atoms with van der Waals surface area (Å²) in [7, 11) is 0. The zero-order chi connectivity index (χ0) is 12.3. The van der Waals surface area contributed by atoms with Crippen molar-refractivity contribution < 1.29 is 9.53 Å². The lowest BCUT2D eigenvalue weighted by molar-refractivity contribution is -0.105. The van der Waals surface area contributed by atoms with E-state index < -0.39 is 0 Å². The molecule has 0 atom stereocenters. The van der Waals surface area contributed by atoms with Crippen LogP contribution < -0.4 is 9.64 Å². The van der Waals surface area contributed by atoms with Gasteiger partial charge in [-0.05, 0) is 32.1 Å². The van der Waals surface area contributed by atoms with E-state index in [4.69, 9.17) is 4.74 Å². The van der Waals surface area contributed by atoms with Gasteiger partial charge in [-0.15, -0.1) is 0 Å². The second kappa shape index (κ2) is 5.04. The van der Waals surface area contributed by atoms with Gasteiger partial charge in [-0.2, -0.15) is 0 Å². The van der Waals surface area contributed by atoms with E-state index in [0.717, 1.165) is 36.4 Å². The summed E-state index contributed by atoms with van der Waals surface area (Å²) in [6.07, 6.45) is 2.74. The number of fused-ring (bicyclic) bond motifs is 1. The number of hydrogen-bond donors (Lipinski definition) is 0. The van der Waals surface area contributed by atoms with Crippen molar-refractivity contribution in [3.63, 3.8) is 0 Å². The molecule has 2 rings (SSSR count). The van der Waals surface area contributed by atoms with Crippen LogP contribution in [-0.4, -0.2) is 26.0 Å². The smallest absolute Gasteiger partial charge is 0.149 e. The van der Waals surface area contributed by atoms with Gasteiger partial charge in [-0.3, -0.25) is 4.79 Å². The zero-order valence-corrected chi connectivity index (χ0v) is 10.3. The lowest BCUT2D eigenvalue weighted by Crippen LogP contribution is -2.22. The molecule has 0 N–H and O–H groups in total. The molecule has 0 aromatic heterocycles. The first-order valence-electron chi connectivity index (χ1n) is 5.96. The third-order valence-electron chi connectivity index (χ3n) is 3.01. The summed E-state index contributed by atoms with van der Waals surface area (Å²) in [5.74, 6) is 0.861. The molecule has 0 fully saturated rings. The van der Waals surface area contributed by atoms with E-state index in [9.17, 15) is 4.79 Å². The van der Waals surface area contributed by atoms with Crippen LogP contribution >= 0.6 is 0 Å². The number of carbonyl (C=O) groups excluding carboxylic acids is 1. The molecule has 0 aliphatic carbocycles. The summed E-state index contributed by atoms with van der Waals surface area (Å²) in [4.78, 5) is 12.9. The Labute approximate surface area is 102 Å². The summed E-state index contributed by atoms with van der Waals surface area (Å²) < 4.78 is 5.58. The molecule has 0 bridgehead atoms. The van der Waals surface area contributed by atoms with Gasteiger partial charge in [0.25, 0.3) is 0 Å². The van der Waals surface area contributed by atoms with Crippen molar-refractivity contribution in [2.45, 2.75) is 13.8 Å². The summed E-state index contributed by atoms with van der Waals surface area (Å²) in [6, 6.07) is 6.12. The molecular weight excluding hydrogens is 214 g/mol. The van der Waals surface area contributed by atoms with Crippen molar-refractivity contribution in [2.24, 2.45) is 0 Å². The molecule has 3 heteroatoms. The monoisotopic (exact) mass is 231 g/mol. The molecule has 0 saturated carbocycles. The number of benzene rings is 1. The van der Waals surface area contributed by atoms with Crippen LogP contribution in [0.4, 0.5) is 5.69 Å². The Balaban J connectivity index is 2.33. The molecule has 0 unspecified atom stereocenters. The van der Waals surface area contributed by atoms with Gasteiger partial charge in [-0.25, -0.2) is 0 Å². The summed E-state index contributed by atoms with van der Waals surface area (Å²) in [5.41, 5.74) is 2.83. The number of aldehydes is 1. The van der Waals surface area contributed by atoms with Crippen LogP contribution in [0.1, 0.15) is 19.4 Å². The van der Waals surface area contributed by atoms with Crippen LogP contribution in [0.3, 0.4) is 0 Å². The van der Waals surface area contributed by atoms with Gasteiger partial charge < -0.3 is 9.64 Å². The molecule has 90 valence electrons. The topological polar surface area (TPSA) is 29.5 Å². The summed E-state index contributed by atoms with van der Waals surface area (Å²) in [5, 5.41) is 0. The lowest BCUT2D eigenvalue weighted by Gasteiger charge is -2.23. The SMILES string of the molecule is CCN(CC)c1ccc2c(c1)OCC(C=O)=C2. The molecule has 3 nitrogen and oxygen atoms in total. The highest BCUT2D eigenvalue weighted by Crippen LogP contribution is 2.30.